The van der Waals surface area contributed by atoms with Crippen molar-refractivity contribution < 1.29 is 14.7 Å². The van der Waals surface area contributed by atoms with Crippen molar-refractivity contribution in [1.29, 1.82) is 0 Å². The number of hydrogen-bond acceptors (Lipinski definition) is 6. The van der Waals surface area contributed by atoms with Crippen LogP contribution in [0.3, 0.4) is 0 Å². The first-order valence-corrected chi connectivity index (χ1v) is 10.7. The summed E-state index contributed by atoms with van der Waals surface area (Å²) in [6.07, 6.45) is 0. The van der Waals surface area contributed by atoms with Crippen molar-refractivity contribution in [3.8, 4) is 5.75 Å². The van der Waals surface area contributed by atoms with Gasteiger partial charge in [0, 0.05) is 39.3 Å². The van der Waals surface area contributed by atoms with Gasteiger partial charge in [-0.05, 0) is 34.9 Å². The topological polar surface area (TPSA) is 98.9 Å². The zero-order valence-corrected chi connectivity index (χ0v) is 19.0. The number of Topliss-reactive ketones (excluding diaryl/α,β-unsaturated/α-hetero) is 1. The molecule has 0 aromatic heterocycles. The fourth-order valence-electron chi connectivity index (χ4n) is 3.46. The average molecular weight is 447 g/mol. The summed E-state index contributed by atoms with van der Waals surface area (Å²) in [5.74, 6) is 5.61. The van der Waals surface area contributed by atoms with E-state index in [4.69, 9.17) is 5.84 Å². The van der Waals surface area contributed by atoms with Crippen LogP contribution in [-0.2, 0) is 19.6 Å². The Labute approximate surface area is 194 Å². The second-order valence-corrected chi connectivity index (χ2v) is 8.17. The predicted octanol–water partition coefficient (Wildman–Crippen LogP) is 2.94. The van der Waals surface area contributed by atoms with E-state index in [0.717, 1.165) is 17.7 Å². The number of amides is 1. The van der Waals surface area contributed by atoms with Crippen molar-refractivity contribution in [3.05, 3.63) is 101 Å². The molecule has 0 radical (unpaired) electrons. The number of nitrogens with one attached hydrogen (secondary N) is 1. The number of phenolic OH excluding ortho intramolecular Hbond substituents is 1. The highest BCUT2D eigenvalue weighted by Crippen LogP contribution is 2.20. The van der Waals surface area contributed by atoms with Gasteiger partial charge in [-0.1, -0.05) is 54.6 Å². The van der Waals surface area contributed by atoms with E-state index < -0.39 is 0 Å². The highest BCUT2D eigenvalue weighted by atomic mass is 16.3. The van der Waals surface area contributed by atoms with Gasteiger partial charge < -0.3 is 15.3 Å². The van der Waals surface area contributed by atoms with E-state index in [1.165, 1.54) is 21.5 Å². The van der Waals surface area contributed by atoms with Gasteiger partial charge in [-0.2, -0.15) is 0 Å². The first-order valence-electron chi connectivity index (χ1n) is 10.7. The molecule has 4 N–H and O–H groups in total. The Balaban J connectivity index is 1.57. The van der Waals surface area contributed by atoms with E-state index in [2.05, 4.69) is 17.4 Å². The van der Waals surface area contributed by atoms with Gasteiger partial charge in [0.25, 0.3) is 5.91 Å². The first kappa shape index (κ1) is 24.1. The third kappa shape index (κ3) is 6.98. The Hall–Kier alpha value is -3.52. The zero-order valence-electron chi connectivity index (χ0n) is 19.0. The quantitative estimate of drug-likeness (QED) is 0.252. The van der Waals surface area contributed by atoms with Gasteiger partial charge in [0.15, 0.2) is 5.78 Å². The highest BCUT2D eigenvalue weighted by molar-refractivity contribution is 5.98. The number of rotatable bonds is 10. The number of hydrogen-bond donors (Lipinski definition) is 3. The summed E-state index contributed by atoms with van der Waals surface area (Å²) in [5, 5.41) is 14.8. The lowest BCUT2D eigenvalue weighted by atomic mass is 10.1. The van der Waals surface area contributed by atoms with Crippen LogP contribution >= 0.6 is 0 Å². The molecule has 0 atom stereocenters. The molecule has 3 aromatic carbocycles. The highest BCUT2D eigenvalue weighted by Gasteiger charge is 2.16. The molecule has 0 aliphatic rings. The molecule has 0 aliphatic heterocycles. The third-order valence-corrected chi connectivity index (χ3v) is 5.18. The summed E-state index contributed by atoms with van der Waals surface area (Å²) < 4.78 is 0. The van der Waals surface area contributed by atoms with Crippen molar-refractivity contribution in [3.63, 3.8) is 0 Å². The van der Waals surface area contributed by atoms with Crippen LogP contribution in [0.25, 0.3) is 0 Å². The number of hydrazine groups is 1. The lowest BCUT2D eigenvalue weighted by Gasteiger charge is -2.17. The molecule has 33 heavy (non-hydrogen) atoms. The van der Waals surface area contributed by atoms with Crippen molar-refractivity contribution in [2.75, 3.05) is 20.6 Å². The number of ketones is 1. The van der Waals surface area contributed by atoms with Gasteiger partial charge in [0.1, 0.15) is 5.75 Å². The van der Waals surface area contributed by atoms with Crippen LogP contribution in [-0.4, -0.2) is 47.3 Å². The molecule has 0 saturated heterocycles. The van der Waals surface area contributed by atoms with Crippen LogP contribution in [0, 0.1) is 0 Å². The van der Waals surface area contributed by atoms with Gasteiger partial charge in [0.2, 0.25) is 0 Å². The summed E-state index contributed by atoms with van der Waals surface area (Å²) in [5.41, 5.74) is 3.75. The minimum atomic E-state index is -0.299. The first-order chi connectivity index (χ1) is 15.8. The van der Waals surface area contributed by atoms with Crippen LogP contribution in [0.15, 0.2) is 72.8 Å². The van der Waals surface area contributed by atoms with E-state index in [-0.39, 0.29) is 36.1 Å². The summed E-state index contributed by atoms with van der Waals surface area (Å²) >= 11 is 0. The minimum Gasteiger partial charge on any atom is -0.507 e. The summed E-state index contributed by atoms with van der Waals surface area (Å²) in [6, 6.07) is 22.4. The largest absolute Gasteiger partial charge is 0.507 e. The van der Waals surface area contributed by atoms with Crippen LogP contribution < -0.4 is 11.2 Å². The van der Waals surface area contributed by atoms with Crippen molar-refractivity contribution in [2.24, 2.45) is 5.84 Å². The molecule has 0 saturated carbocycles. The molecule has 0 unspecified atom stereocenters. The molecule has 7 nitrogen and oxygen atoms in total. The molecule has 172 valence electrons. The van der Waals surface area contributed by atoms with E-state index in [1.54, 1.807) is 32.3 Å². The molecule has 1 amide bonds. The number of benzene rings is 3. The molecule has 7 heteroatoms. The number of carbonyl (C=O) groups is 2. The maximum absolute atomic E-state index is 12.8. The monoisotopic (exact) mass is 446 g/mol. The van der Waals surface area contributed by atoms with Gasteiger partial charge >= 0.3 is 0 Å². The van der Waals surface area contributed by atoms with Gasteiger partial charge in [-0.15, -0.1) is 0 Å². The van der Waals surface area contributed by atoms with Gasteiger partial charge in [-0.25, -0.2) is 5.01 Å². The smallest absolute Gasteiger partial charge is 0.257 e. The fraction of sp³-hybridized carbons (Fsp3) is 0.231. The summed E-state index contributed by atoms with van der Waals surface area (Å²) in [6.45, 7) is 1.69. The van der Waals surface area contributed by atoms with Crippen molar-refractivity contribution in [2.45, 2.75) is 19.6 Å². The molecular weight excluding hydrogens is 416 g/mol. The average Bonchev–Trinajstić information content (AvgIpc) is 2.80. The number of nitrogens with zero attached hydrogens (tertiary/aromatic N) is 2. The van der Waals surface area contributed by atoms with Crippen molar-refractivity contribution >= 4 is 11.7 Å². The third-order valence-electron chi connectivity index (χ3n) is 5.18. The van der Waals surface area contributed by atoms with E-state index in [1.807, 2.05) is 36.4 Å². The molecule has 0 spiro atoms. The Morgan fingerprint density at radius 3 is 2.30 bits per heavy atom. The van der Waals surface area contributed by atoms with Crippen LogP contribution in [0.4, 0.5) is 0 Å². The van der Waals surface area contributed by atoms with Crippen LogP contribution in [0.2, 0.25) is 0 Å². The predicted molar refractivity (Wildman–Crippen MR) is 128 cm³/mol. The molecule has 3 aromatic rings. The maximum Gasteiger partial charge on any atom is 0.257 e. The Morgan fingerprint density at radius 2 is 1.58 bits per heavy atom. The van der Waals surface area contributed by atoms with E-state index >= 15 is 0 Å². The van der Waals surface area contributed by atoms with Gasteiger partial charge in [-0.3, -0.25) is 15.4 Å². The minimum absolute atomic E-state index is 0.0265. The fourth-order valence-corrected chi connectivity index (χ4v) is 3.46. The van der Waals surface area contributed by atoms with E-state index in [0.29, 0.717) is 12.1 Å². The molecule has 3 rings (SSSR count). The summed E-state index contributed by atoms with van der Waals surface area (Å²) in [7, 11) is 3.24. The van der Waals surface area contributed by atoms with Crippen LogP contribution in [0.5, 0.6) is 5.75 Å². The molecule has 0 aliphatic carbocycles. The Kier molecular flexibility index (Phi) is 8.32. The lowest BCUT2D eigenvalue weighted by molar-refractivity contribution is 0.0823. The zero-order chi connectivity index (χ0) is 23.8. The number of carbonyl (C=O) groups excluding carboxylic acids is 2. The molecule has 0 heterocycles. The SMILES string of the molecule is CN(C)C(=O)c1cc(CN(N)CC(=O)c2cccc(CNCc3ccccc3)c2)ccc1O. The number of nitrogens with two attached hydrogens (primary N) is 1. The lowest BCUT2D eigenvalue weighted by Crippen LogP contribution is -2.35. The maximum atomic E-state index is 12.8. The Morgan fingerprint density at radius 1 is 0.879 bits per heavy atom. The number of phenols is 1. The van der Waals surface area contributed by atoms with Gasteiger partial charge in [0.05, 0.1) is 12.1 Å². The standard InChI is InChI=1S/C26H30N4O3/c1-29(2)26(33)23-14-21(11-12-24(23)31)17-30(27)18-25(32)22-10-6-9-20(13-22)16-28-15-19-7-4-3-5-8-19/h3-14,28,31H,15-18,27H2,1-2H3. The van der Waals surface area contributed by atoms with Crippen molar-refractivity contribution in [1.82, 2.24) is 15.2 Å². The normalized spacial score (nSPS) is 10.9. The molecule has 0 bridgehead atoms. The van der Waals surface area contributed by atoms with E-state index in [9.17, 15) is 14.7 Å². The van der Waals surface area contributed by atoms with Crippen LogP contribution in [0.1, 0.15) is 37.4 Å². The molecular formula is C26H30N4O3. The second-order valence-electron chi connectivity index (χ2n) is 8.17. The Bertz CT molecular complexity index is 1100. The number of aromatic hydroxyl groups is 1. The second kappa shape index (κ2) is 11.4. The molecule has 0 fully saturated rings. The summed E-state index contributed by atoms with van der Waals surface area (Å²) in [4.78, 5) is 26.4.